The van der Waals surface area contributed by atoms with Crippen molar-refractivity contribution in [1.29, 1.82) is 0 Å². The topological polar surface area (TPSA) is 26.3 Å². The summed E-state index contributed by atoms with van der Waals surface area (Å²) in [5.41, 5.74) is 1.19. The van der Waals surface area contributed by atoms with E-state index in [1.165, 1.54) is 31.3 Å². The summed E-state index contributed by atoms with van der Waals surface area (Å²) < 4.78 is 5.07. The van der Waals surface area contributed by atoms with Crippen molar-refractivity contribution in [3.05, 3.63) is 11.6 Å². The third-order valence-electron chi connectivity index (χ3n) is 2.70. The Balaban J connectivity index is 2.45. The molecule has 0 atom stereocenters. The quantitative estimate of drug-likeness (QED) is 0.512. The molecule has 0 aromatic carbocycles. The minimum atomic E-state index is -0.190. The Hall–Kier alpha value is -0.790. The van der Waals surface area contributed by atoms with Gasteiger partial charge in [-0.3, -0.25) is 0 Å². The van der Waals surface area contributed by atoms with Crippen molar-refractivity contribution in [3.63, 3.8) is 0 Å². The number of carbonyl (C=O) groups is 1. The molecule has 0 aromatic rings. The summed E-state index contributed by atoms with van der Waals surface area (Å²) in [5, 5.41) is 0. The number of hydrogen-bond donors (Lipinski definition) is 0. The Labute approximate surface area is 86.3 Å². The van der Waals surface area contributed by atoms with Gasteiger partial charge in [0.25, 0.3) is 0 Å². The van der Waals surface area contributed by atoms with Crippen LogP contribution >= 0.6 is 0 Å². The predicted molar refractivity (Wildman–Crippen MR) is 56.9 cm³/mol. The van der Waals surface area contributed by atoms with E-state index in [0.717, 1.165) is 0 Å². The van der Waals surface area contributed by atoms with Crippen molar-refractivity contribution >= 4 is 5.97 Å². The number of allylic oxidation sites excluding steroid dienone is 1. The highest BCUT2D eigenvalue weighted by atomic mass is 16.5. The predicted octanol–water partition coefficient (Wildman–Crippen LogP) is 3.07. The average Bonchev–Trinajstić information content (AvgIpc) is 2.53. The molecule has 0 heterocycles. The second-order valence-electron chi connectivity index (χ2n) is 4.36. The third kappa shape index (κ3) is 3.52. The first-order chi connectivity index (χ1) is 6.59. The molecule has 2 heteroatoms. The highest BCUT2D eigenvalue weighted by molar-refractivity contribution is 5.82. The van der Waals surface area contributed by atoms with Crippen molar-refractivity contribution in [3.8, 4) is 0 Å². The maximum Gasteiger partial charge on any atom is 0.330 e. The van der Waals surface area contributed by atoms with E-state index in [9.17, 15) is 4.79 Å². The number of rotatable bonds is 3. The van der Waals surface area contributed by atoms with Gasteiger partial charge in [-0.15, -0.1) is 0 Å². The SMILES string of the molecule is C/C(=C\C(=O)OC(C)C)C1CCCC1. The molecule has 1 aliphatic rings. The largest absolute Gasteiger partial charge is 0.460 e. The number of ether oxygens (including phenoxy) is 1. The van der Waals surface area contributed by atoms with Crippen LogP contribution in [0.4, 0.5) is 0 Å². The van der Waals surface area contributed by atoms with Crippen LogP contribution in [0.5, 0.6) is 0 Å². The van der Waals surface area contributed by atoms with Crippen LogP contribution in [0.2, 0.25) is 0 Å². The van der Waals surface area contributed by atoms with Crippen LogP contribution in [0.1, 0.15) is 46.5 Å². The van der Waals surface area contributed by atoms with Gasteiger partial charge in [-0.1, -0.05) is 18.4 Å². The van der Waals surface area contributed by atoms with Crippen molar-refractivity contribution < 1.29 is 9.53 Å². The molecular weight excluding hydrogens is 176 g/mol. The van der Waals surface area contributed by atoms with Gasteiger partial charge in [0.1, 0.15) is 0 Å². The van der Waals surface area contributed by atoms with Gasteiger partial charge < -0.3 is 4.74 Å². The smallest absolute Gasteiger partial charge is 0.330 e. The van der Waals surface area contributed by atoms with Gasteiger partial charge in [-0.2, -0.15) is 0 Å². The van der Waals surface area contributed by atoms with Crippen LogP contribution in [0.25, 0.3) is 0 Å². The molecule has 14 heavy (non-hydrogen) atoms. The normalized spacial score (nSPS) is 19.0. The Morgan fingerprint density at radius 3 is 2.43 bits per heavy atom. The second-order valence-corrected chi connectivity index (χ2v) is 4.36. The molecule has 0 radical (unpaired) electrons. The molecule has 1 saturated carbocycles. The maximum atomic E-state index is 11.3. The highest BCUT2D eigenvalue weighted by Gasteiger charge is 2.17. The molecular formula is C12H20O2. The molecule has 0 spiro atoms. The van der Waals surface area contributed by atoms with Crippen LogP contribution in [0.3, 0.4) is 0 Å². The van der Waals surface area contributed by atoms with Crippen LogP contribution in [-0.4, -0.2) is 12.1 Å². The summed E-state index contributed by atoms with van der Waals surface area (Å²) >= 11 is 0. The first-order valence-corrected chi connectivity index (χ1v) is 5.48. The lowest BCUT2D eigenvalue weighted by molar-refractivity contribution is -0.141. The van der Waals surface area contributed by atoms with Crippen molar-refractivity contribution in [2.45, 2.75) is 52.6 Å². The van der Waals surface area contributed by atoms with E-state index < -0.39 is 0 Å². The Kier molecular flexibility index (Phi) is 4.18. The summed E-state index contributed by atoms with van der Waals surface area (Å²) in [6.45, 7) is 5.78. The Morgan fingerprint density at radius 2 is 1.93 bits per heavy atom. The fraction of sp³-hybridized carbons (Fsp3) is 0.750. The van der Waals surface area contributed by atoms with E-state index in [-0.39, 0.29) is 12.1 Å². The van der Waals surface area contributed by atoms with Gasteiger partial charge in [0.05, 0.1) is 6.10 Å². The van der Waals surface area contributed by atoms with Gasteiger partial charge in [0.15, 0.2) is 0 Å². The van der Waals surface area contributed by atoms with E-state index in [0.29, 0.717) is 5.92 Å². The molecule has 1 fully saturated rings. The average molecular weight is 196 g/mol. The molecule has 1 rings (SSSR count). The van der Waals surface area contributed by atoms with Gasteiger partial charge in [-0.05, 0) is 39.5 Å². The molecule has 0 amide bonds. The van der Waals surface area contributed by atoms with Gasteiger partial charge >= 0.3 is 5.97 Å². The molecule has 0 bridgehead atoms. The molecule has 80 valence electrons. The zero-order valence-electron chi connectivity index (χ0n) is 9.38. The molecule has 0 aromatic heterocycles. The lowest BCUT2D eigenvalue weighted by atomic mass is 9.99. The highest BCUT2D eigenvalue weighted by Crippen LogP contribution is 2.30. The molecule has 0 unspecified atom stereocenters. The van der Waals surface area contributed by atoms with E-state index in [1.54, 1.807) is 6.08 Å². The van der Waals surface area contributed by atoms with Crippen molar-refractivity contribution in [1.82, 2.24) is 0 Å². The molecule has 0 saturated heterocycles. The first kappa shape index (κ1) is 11.3. The Bertz CT molecular complexity index is 222. The lowest BCUT2D eigenvalue weighted by Gasteiger charge is -2.10. The fourth-order valence-electron chi connectivity index (χ4n) is 1.95. The molecule has 0 N–H and O–H groups in total. The summed E-state index contributed by atoms with van der Waals surface area (Å²) in [6.07, 6.45) is 6.71. The van der Waals surface area contributed by atoms with Crippen LogP contribution in [0, 0.1) is 5.92 Å². The minimum absolute atomic E-state index is 0.0184. The molecule has 0 aliphatic heterocycles. The number of esters is 1. The van der Waals surface area contributed by atoms with Crippen LogP contribution < -0.4 is 0 Å². The standard InChI is InChI=1S/C12H20O2/c1-9(2)14-12(13)8-10(3)11-6-4-5-7-11/h8-9,11H,4-7H2,1-3H3/b10-8+. The van der Waals surface area contributed by atoms with Gasteiger partial charge in [0.2, 0.25) is 0 Å². The number of hydrogen-bond acceptors (Lipinski definition) is 2. The fourth-order valence-corrected chi connectivity index (χ4v) is 1.95. The summed E-state index contributed by atoms with van der Waals surface area (Å²) in [4.78, 5) is 11.3. The van der Waals surface area contributed by atoms with Gasteiger partial charge in [0, 0.05) is 6.08 Å². The molecule has 1 aliphatic carbocycles. The number of carbonyl (C=O) groups excluding carboxylic acids is 1. The molecule has 2 nitrogen and oxygen atoms in total. The lowest BCUT2D eigenvalue weighted by Crippen LogP contribution is -2.10. The second kappa shape index (κ2) is 5.18. The maximum absolute atomic E-state index is 11.3. The van der Waals surface area contributed by atoms with Gasteiger partial charge in [-0.25, -0.2) is 4.79 Å². The monoisotopic (exact) mass is 196 g/mol. The van der Waals surface area contributed by atoms with E-state index >= 15 is 0 Å². The summed E-state index contributed by atoms with van der Waals surface area (Å²) in [5.74, 6) is 0.430. The van der Waals surface area contributed by atoms with Crippen LogP contribution in [-0.2, 0) is 9.53 Å². The van der Waals surface area contributed by atoms with Crippen molar-refractivity contribution in [2.75, 3.05) is 0 Å². The minimum Gasteiger partial charge on any atom is -0.460 e. The zero-order valence-corrected chi connectivity index (χ0v) is 9.38. The third-order valence-corrected chi connectivity index (χ3v) is 2.70. The summed E-state index contributed by atoms with van der Waals surface area (Å²) in [7, 11) is 0. The van der Waals surface area contributed by atoms with Crippen LogP contribution in [0.15, 0.2) is 11.6 Å². The van der Waals surface area contributed by atoms with E-state index in [1.807, 2.05) is 20.8 Å². The first-order valence-electron chi connectivity index (χ1n) is 5.48. The summed E-state index contributed by atoms with van der Waals surface area (Å²) in [6, 6.07) is 0. The van der Waals surface area contributed by atoms with Crippen molar-refractivity contribution in [2.24, 2.45) is 5.92 Å². The van der Waals surface area contributed by atoms with E-state index in [4.69, 9.17) is 4.74 Å². The zero-order chi connectivity index (χ0) is 10.6. The van der Waals surface area contributed by atoms with E-state index in [2.05, 4.69) is 0 Å². The Morgan fingerprint density at radius 1 is 1.36 bits per heavy atom.